The number of nitrogens with one attached hydrogen (secondary N) is 1. The van der Waals surface area contributed by atoms with Crippen LogP contribution in [-0.2, 0) is 10.0 Å². The molecule has 0 aromatic heterocycles. The van der Waals surface area contributed by atoms with E-state index in [0.29, 0.717) is 0 Å². The van der Waals surface area contributed by atoms with Crippen LogP contribution in [0.15, 0.2) is 29.2 Å². The van der Waals surface area contributed by atoms with E-state index >= 15 is 0 Å². The van der Waals surface area contributed by atoms with Gasteiger partial charge in [-0.2, -0.15) is 13.2 Å². The van der Waals surface area contributed by atoms with Crippen LogP contribution in [0.3, 0.4) is 0 Å². The lowest BCUT2D eigenvalue weighted by Crippen LogP contribution is -2.40. The van der Waals surface area contributed by atoms with Gasteiger partial charge in [0.15, 0.2) is 6.10 Å². The maximum atomic E-state index is 13.1. The fourth-order valence-electron chi connectivity index (χ4n) is 1.04. The average molecular weight is 287 g/mol. The Morgan fingerprint density at radius 3 is 2.33 bits per heavy atom. The minimum Gasteiger partial charge on any atom is -0.382 e. The highest BCUT2D eigenvalue weighted by molar-refractivity contribution is 7.89. The summed E-state index contributed by atoms with van der Waals surface area (Å²) in [5.41, 5.74) is 0. The fraction of sp³-hybridized carbons (Fsp3) is 0.333. The van der Waals surface area contributed by atoms with Crippen LogP contribution < -0.4 is 4.72 Å². The predicted molar refractivity (Wildman–Crippen MR) is 53.7 cm³/mol. The number of sulfonamides is 1. The monoisotopic (exact) mass is 287 g/mol. The van der Waals surface area contributed by atoms with Gasteiger partial charge in [0.1, 0.15) is 10.7 Å². The molecule has 1 atom stereocenters. The van der Waals surface area contributed by atoms with Gasteiger partial charge in [-0.25, -0.2) is 17.5 Å². The summed E-state index contributed by atoms with van der Waals surface area (Å²) in [6.07, 6.45) is -7.79. The van der Waals surface area contributed by atoms with Crippen molar-refractivity contribution in [2.45, 2.75) is 17.2 Å². The molecule has 0 amide bonds. The molecular formula is C9H9F4NO3S. The van der Waals surface area contributed by atoms with Crippen molar-refractivity contribution in [3.8, 4) is 0 Å². The van der Waals surface area contributed by atoms with Crippen molar-refractivity contribution in [1.82, 2.24) is 4.72 Å². The van der Waals surface area contributed by atoms with Crippen LogP contribution in [-0.4, -0.2) is 32.3 Å². The molecule has 0 spiro atoms. The Labute approximate surface area is 100 Å². The molecule has 0 radical (unpaired) electrons. The quantitative estimate of drug-likeness (QED) is 0.813. The molecule has 2 N–H and O–H groups in total. The van der Waals surface area contributed by atoms with Crippen LogP contribution in [0.5, 0.6) is 0 Å². The van der Waals surface area contributed by atoms with E-state index in [-0.39, 0.29) is 0 Å². The maximum absolute atomic E-state index is 13.1. The van der Waals surface area contributed by atoms with Gasteiger partial charge >= 0.3 is 6.18 Å². The van der Waals surface area contributed by atoms with Crippen molar-refractivity contribution in [1.29, 1.82) is 0 Å². The van der Waals surface area contributed by atoms with Crippen molar-refractivity contribution in [2.24, 2.45) is 0 Å². The van der Waals surface area contributed by atoms with Crippen LogP contribution in [0.1, 0.15) is 0 Å². The van der Waals surface area contributed by atoms with E-state index < -0.39 is 39.6 Å². The van der Waals surface area contributed by atoms with E-state index in [0.717, 1.165) is 12.1 Å². The first-order chi connectivity index (χ1) is 8.14. The Kier molecular flexibility index (Phi) is 4.30. The number of hydrogen-bond acceptors (Lipinski definition) is 3. The largest absolute Gasteiger partial charge is 0.415 e. The molecule has 0 bridgehead atoms. The van der Waals surface area contributed by atoms with E-state index in [1.165, 1.54) is 16.9 Å². The van der Waals surface area contributed by atoms with Crippen molar-refractivity contribution in [3.05, 3.63) is 30.1 Å². The van der Waals surface area contributed by atoms with E-state index in [1.54, 1.807) is 0 Å². The summed E-state index contributed by atoms with van der Waals surface area (Å²) in [5, 5.41) is 8.62. The molecule has 102 valence electrons. The molecule has 0 saturated heterocycles. The highest BCUT2D eigenvalue weighted by atomic mass is 32.2. The van der Waals surface area contributed by atoms with Crippen molar-refractivity contribution < 1.29 is 31.1 Å². The minimum absolute atomic E-state index is 0.778. The van der Waals surface area contributed by atoms with Gasteiger partial charge in [-0.3, -0.25) is 0 Å². The van der Waals surface area contributed by atoms with E-state index in [1.807, 2.05) is 0 Å². The standard InChI is InChI=1S/C9H9F4NO3S/c10-6-3-1-2-4-7(6)18(16,17)14-5-8(15)9(11,12)13/h1-4,8,14-15H,5H2. The second-order valence-electron chi connectivity index (χ2n) is 3.34. The van der Waals surface area contributed by atoms with Crippen molar-refractivity contribution in [3.63, 3.8) is 0 Å². The molecule has 0 saturated carbocycles. The van der Waals surface area contributed by atoms with Gasteiger partial charge < -0.3 is 5.11 Å². The first kappa shape index (κ1) is 14.9. The highest BCUT2D eigenvalue weighted by Gasteiger charge is 2.38. The molecule has 1 aromatic rings. The second-order valence-corrected chi connectivity index (χ2v) is 5.08. The second kappa shape index (κ2) is 5.21. The Morgan fingerprint density at radius 1 is 1.28 bits per heavy atom. The van der Waals surface area contributed by atoms with Crippen LogP contribution in [0.2, 0.25) is 0 Å². The number of alkyl halides is 3. The Balaban J connectivity index is 2.82. The predicted octanol–water partition coefficient (Wildman–Crippen LogP) is 1.03. The van der Waals surface area contributed by atoms with E-state index in [2.05, 4.69) is 0 Å². The molecule has 0 aliphatic carbocycles. The third kappa shape index (κ3) is 3.65. The summed E-state index contributed by atoms with van der Waals surface area (Å²) in [6, 6.07) is 4.21. The van der Waals surface area contributed by atoms with Gasteiger partial charge in [-0.1, -0.05) is 12.1 Å². The molecule has 9 heteroatoms. The Bertz CT molecular complexity index is 515. The molecule has 0 fully saturated rings. The van der Waals surface area contributed by atoms with Gasteiger partial charge in [-0.15, -0.1) is 0 Å². The third-order valence-electron chi connectivity index (χ3n) is 1.97. The molecule has 1 rings (SSSR count). The molecule has 0 heterocycles. The maximum Gasteiger partial charge on any atom is 0.415 e. The van der Waals surface area contributed by atoms with Gasteiger partial charge in [0.2, 0.25) is 10.0 Å². The van der Waals surface area contributed by atoms with Crippen molar-refractivity contribution >= 4 is 10.0 Å². The van der Waals surface area contributed by atoms with Crippen LogP contribution >= 0.6 is 0 Å². The Morgan fingerprint density at radius 2 is 1.83 bits per heavy atom. The topological polar surface area (TPSA) is 66.4 Å². The summed E-state index contributed by atoms with van der Waals surface area (Å²) in [5.74, 6) is -1.09. The van der Waals surface area contributed by atoms with Gasteiger partial charge in [0, 0.05) is 6.54 Å². The lowest BCUT2D eigenvalue weighted by Gasteiger charge is -2.15. The minimum atomic E-state index is -4.95. The zero-order valence-corrected chi connectivity index (χ0v) is 9.59. The number of rotatable bonds is 4. The van der Waals surface area contributed by atoms with Gasteiger partial charge in [0.05, 0.1) is 0 Å². The molecule has 1 unspecified atom stereocenters. The Hall–Kier alpha value is -1.19. The van der Waals surface area contributed by atoms with Gasteiger partial charge in [0.25, 0.3) is 0 Å². The molecule has 4 nitrogen and oxygen atoms in total. The number of hydrogen-bond donors (Lipinski definition) is 2. The molecular weight excluding hydrogens is 278 g/mol. The zero-order valence-electron chi connectivity index (χ0n) is 8.78. The smallest absolute Gasteiger partial charge is 0.382 e. The highest BCUT2D eigenvalue weighted by Crippen LogP contribution is 2.20. The number of aliphatic hydroxyl groups excluding tert-OH is 1. The normalized spacial score (nSPS) is 14.5. The lowest BCUT2D eigenvalue weighted by molar-refractivity contribution is -0.200. The van der Waals surface area contributed by atoms with E-state index in [4.69, 9.17) is 5.11 Å². The summed E-state index contributed by atoms with van der Waals surface area (Å²) in [4.78, 5) is -0.778. The van der Waals surface area contributed by atoms with E-state index in [9.17, 15) is 26.0 Å². The summed E-state index contributed by atoms with van der Waals surface area (Å²) in [6.45, 7) is -1.28. The first-order valence-corrected chi connectivity index (χ1v) is 6.12. The van der Waals surface area contributed by atoms with Gasteiger partial charge in [-0.05, 0) is 12.1 Å². The number of halogens is 4. The first-order valence-electron chi connectivity index (χ1n) is 4.63. The number of aliphatic hydroxyl groups is 1. The fourth-order valence-corrected chi connectivity index (χ4v) is 2.16. The van der Waals surface area contributed by atoms with Crippen LogP contribution in [0.25, 0.3) is 0 Å². The summed E-state index contributed by atoms with van der Waals surface area (Å²) < 4.78 is 73.4. The molecule has 0 aliphatic rings. The summed E-state index contributed by atoms with van der Waals surface area (Å²) >= 11 is 0. The number of benzene rings is 1. The lowest BCUT2D eigenvalue weighted by atomic mass is 10.3. The van der Waals surface area contributed by atoms with Crippen molar-refractivity contribution in [2.75, 3.05) is 6.54 Å². The van der Waals surface area contributed by atoms with Crippen LogP contribution in [0, 0.1) is 5.82 Å². The SMILES string of the molecule is O=S(=O)(NCC(O)C(F)(F)F)c1ccccc1F. The molecule has 0 aliphatic heterocycles. The third-order valence-corrected chi connectivity index (χ3v) is 3.43. The summed E-state index contributed by atoms with van der Waals surface area (Å²) in [7, 11) is -4.43. The molecule has 1 aromatic carbocycles. The molecule has 18 heavy (non-hydrogen) atoms. The van der Waals surface area contributed by atoms with Crippen LogP contribution in [0.4, 0.5) is 17.6 Å². The zero-order chi connectivity index (χ0) is 14.0. The average Bonchev–Trinajstić information content (AvgIpc) is 2.25.